The Kier molecular flexibility index (Phi) is 4.73. The Morgan fingerprint density at radius 2 is 1.56 bits per heavy atom. The van der Waals surface area contributed by atoms with Crippen LogP contribution in [0.3, 0.4) is 0 Å². The van der Waals surface area contributed by atoms with Gasteiger partial charge in [0.25, 0.3) is 0 Å². The van der Waals surface area contributed by atoms with E-state index in [2.05, 4.69) is 6.92 Å². The van der Waals surface area contributed by atoms with Gasteiger partial charge in [0.2, 0.25) is 5.72 Å². The Hall–Kier alpha value is -3.35. The van der Waals surface area contributed by atoms with Crippen molar-refractivity contribution in [2.45, 2.75) is 31.5 Å². The smallest absolute Gasteiger partial charge is 0.332 e. The van der Waals surface area contributed by atoms with Gasteiger partial charge in [-0.3, -0.25) is 9.80 Å². The van der Waals surface area contributed by atoms with Gasteiger partial charge in [-0.25, -0.2) is 4.79 Å². The summed E-state index contributed by atoms with van der Waals surface area (Å²) in [6.07, 6.45) is 0.894. The lowest BCUT2D eigenvalue weighted by molar-refractivity contribution is -0.153. The van der Waals surface area contributed by atoms with Crippen LogP contribution in [-0.2, 0) is 16.9 Å². The molecule has 0 aliphatic carbocycles. The second-order valence-electron chi connectivity index (χ2n) is 8.56. The minimum absolute atomic E-state index is 0.0216. The summed E-state index contributed by atoms with van der Waals surface area (Å²) in [7, 11) is 0. The van der Waals surface area contributed by atoms with E-state index >= 15 is 0 Å². The zero-order valence-corrected chi connectivity index (χ0v) is 18.2. The predicted octanol–water partition coefficient (Wildman–Crippen LogP) is 4.32. The Morgan fingerprint density at radius 1 is 0.938 bits per heavy atom. The van der Waals surface area contributed by atoms with Gasteiger partial charge in [-0.1, -0.05) is 48.9 Å². The quantitative estimate of drug-likeness (QED) is 0.646. The number of nitrogens with zero attached hydrogens (tertiary/aromatic N) is 2. The number of amides is 2. The lowest BCUT2D eigenvalue weighted by atomic mass is 9.78. The van der Waals surface area contributed by atoms with Crippen LogP contribution in [0.1, 0.15) is 23.6 Å². The van der Waals surface area contributed by atoms with Gasteiger partial charge in [0.1, 0.15) is 11.3 Å². The average Bonchev–Trinajstić information content (AvgIpc) is 2.99. The van der Waals surface area contributed by atoms with Crippen LogP contribution in [0.25, 0.3) is 0 Å². The molecule has 5 rings (SSSR count). The predicted molar refractivity (Wildman–Crippen MR) is 123 cm³/mol. The van der Waals surface area contributed by atoms with E-state index in [0.717, 1.165) is 17.5 Å². The van der Waals surface area contributed by atoms with Gasteiger partial charge >= 0.3 is 6.03 Å². The van der Waals surface area contributed by atoms with E-state index in [9.17, 15) is 15.0 Å². The lowest BCUT2D eigenvalue weighted by Gasteiger charge is -2.51. The molecule has 2 saturated heterocycles. The number of phenols is 1. The van der Waals surface area contributed by atoms with E-state index in [4.69, 9.17) is 4.74 Å². The zero-order chi connectivity index (χ0) is 22.5. The molecular weight excluding hydrogens is 404 g/mol. The molecule has 0 saturated carbocycles. The van der Waals surface area contributed by atoms with Crippen molar-refractivity contribution in [3.8, 4) is 5.75 Å². The van der Waals surface area contributed by atoms with Gasteiger partial charge in [-0.15, -0.1) is 0 Å². The van der Waals surface area contributed by atoms with Crippen molar-refractivity contribution in [3.05, 3.63) is 89.5 Å². The standard InChI is InChI=1S/C26H26N2O4/c1-3-19-9-13-21(14-10-19)27-24(30)28(22-11-7-18(2)8-12-22)26(31,25(27)16-32-17-25)20-5-4-6-23(29)15-20/h4-15,29,31H,3,16-17H2,1-2H3. The molecule has 2 amide bonds. The largest absolute Gasteiger partial charge is 0.508 e. The monoisotopic (exact) mass is 430 g/mol. The maximum atomic E-state index is 14.0. The number of anilines is 2. The number of hydrogen-bond acceptors (Lipinski definition) is 4. The van der Waals surface area contributed by atoms with Crippen LogP contribution in [0.2, 0.25) is 0 Å². The van der Waals surface area contributed by atoms with Crippen molar-refractivity contribution in [3.63, 3.8) is 0 Å². The molecule has 0 bridgehead atoms. The van der Waals surface area contributed by atoms with Crippen LogP contribution < -0.4 is 9.80 Å². The first-order chi connectivity index (χ1) is 15.4. The molecule has 1 spiro atoms. The number of carbonyl (C=O) groups is 1. The molecule has 1 atom stereocenters. The minimum atomic E-state index is -1.75. The van der Waals surface area contributed by atoms with Crippen LogP contribution in [0.5, 0.6) is 5.75 Å². The van der Waals surface area contributed by atoms with Crippen LogP contribution in [0, 0.1) is 6.92 Å². The number of benzene rings is 3. The van der Waals surface area contributed by atoms with Crippen LogP contribution >= 0.6 is 0 Å². The molecule has 0 aromatic heterocycles. The molecule has 2 aliphatic rings. The number of ether oxygens (including phenoxy) is 1. The molecule has 2 fully saturated rings. The first kappa shape index (κ1) is 20.5. The fourth-order valence-corrected chi connectivity index (χ4v) is 4.76. The highest BCUT2D eigenvalue weighted by Crippen LogP contribution is 2.54. The fourth-order valence-electron chi connectivity index (χ4n) is 4.76. The van der Waals surface area contributed by atoms with E-state index in [1.807, 2.05) is 55.5 Å². The summed E-state index contributed by atoms with van der Waals surface area (Å²) in [5, 5.41) is 22.6. The van der Waals surface area contributed by atoms with Crippen molar-refractivity contribution >= 4 is 17.4 Å². The number of aryl methyl sites for hydroxylation is 2. The Bertz CT molecular complexity index is 1160. The zero-order valence-electron chi connectivity index (χ0n) is 18.2. The molecule has 3 aromatic rings. The van der Waals surface area contributed by atoms with E-state index in [-0.39, 0.29) is 25.0 Å². The Balaban J connectivity index is 1.74. The van der Waals surface area contributed by atoms with E-state index in [1.165, 1.54) is 11.0 Å². The average molecular weight is 431 g/mol. The van der Waals surface area contributed by atoms with Crippen LogP contribution in [0.15, 0.2) is 72.8 Å². The summed E-state index contributed by atoms with van der Waals surface area (Å²) in [5.74, 6) is 0.0216. The normalized spacial score (nSPS) is 21.8. The number of phenolic OH excluding ortho intramolecular Hbond substituents is 1. The van der Waals surface area contributed by atoms with Gasteiger partial charge in [0.15, 0.2) is 0 Å². The SMILES string of the molecule is CCc1ccc(N2C(=O)N(c3ccc(C)cc3)C(O)(c3cccc(O)c3)C23COC3)cc1. The van der Waals surface area contributed by atoms with Gasteiger partial charge in [0.05, 0.1) is 13.2 Å². The molecule has 2 heterocycles. The molecule has 2 aliphatic heterocycles. The van der Waals surface area contributed by atoms with Gasteiger partial charge < -0.3 is 14.9 Å². The summed E-state index contributed by atoms with van der Waals surface area (Å²) in [5.41, 5.74) is 1.13. The number of aliphatic hydroxyl groups is 1. The molecule has 164 valence electrons. The molecule has 2 N–H and O–H groups in total. The Labute approximate surface area is 187 Å². The third-order valence-electron chi connectivity index (χ3n) is 6.61. The second-order valence-corrected chi connectivity index (χ2v) is 8.56. The van der Waals surface area contributed by atoms with Crippen molar-refractivity contribution in [2.24, 2.45) is 0 Å². The highest BCUT2D eigenvalue weighted by Gasteiger charge is 2.72. The maximum absolute atomic E-state index is 14.0. The van der Waals surface area contributed by atoms with E-state index in [0.29, 0.717) is 16.9 Å². The number of aromatic hydroxyl groups is 1. The van der Waals surface area contributed by atoms with E-state index < -0.39 is 11.3 Å². The summed E-state index contributed by atoms with van der Waals surface area (Å²) in [6, 6.07) is 21.4. The van der Waals surface area contributed by atoms with Gasteiger partial charge in [-0.2, -0.15) is 0 Å². The Morgan fingerprint density at radius 3 is 2.12 bits per heavy atom. The molecule has 1 unspecified atom stereocenters. The first-order valence-electron chi connectivity index (χ1n) is 10.8. The molecule has 6 heteroatoms. The van der Waals surface area contributed by atoms with Crippen LogP contribution in [-0.4, -0.2) is 35.0 Å². The number of hydrogen-bond donors (Lipinski definition) is 2. The van der Waals surface area contributed by atoms with Crippen molar-refractivity contribution in [1.29, 1.82) is 0 Å². The molecule has 0 radical (unpaired) electrons. The molecule has 32 heavy (non-hydrogen) atoms. The molecule has 3 aromatic carbocycles. The number of rotatable bonds is 4. The topological polar surface area (TPSA) is 73.2 Å². The highest BCUT2D eigenvalue weighted by atomic mass is 16.5. The maximum Gasteiger partial charge on any atom is 0.332 e. The van der Waals surface area contributed by atoms with E-state index in [1.54, 1.807) is 23.1 Å². The minimum Gasteiger partial charge on any atom is -0.508 e. The fraction of sp³-hybridized carbons (Fsp3) is 0.269. The summed E-state index contributed by atoms with van der Waals surface area (Å²) >= 11 is 0. The highest BCUT2D eigenvalue weighted by molar-refractivity contribution is 6.09. The lowest BCUT2D eigenvalue weighted by Crippen LogP contribution is -2.70. The summed E-state index contributed by atoms with van der Waals surface area (Å²) in [4.78, 5) is 17.1. The summed E-state index contributed by atoms with van der Waals surface area (Å²) < 4.78 is 5.61. The van der Waals surface area contributed by atoms with Gasteiger partial charge in [0, 0.05) is 16.9 Å². The van der Waals surface area contributed by atoms with Crippen molar-refractivity contribution < 1.29 is 19.7 Å². The number of carbonyl (C=O) groups excluding carboxylic acids is 1. The first-order valence-corrected chi connectivity index (χ1v) is 10.8. The third kappa shape index (κ3) is 2.76. The van der Waals surface area contributed by atoms with Crippen molar-refractivity contribution in [1.82, 2.24) is 0 Å². The van der Waals surface area contributed by atoms with Crippen molar-refractivity contribution in [2.75, 3.05) is 23.0 Å². The van der Waals surface area contributed by atoms with Gasteiger partial charge in [-0.05, 0) is 55.3 Å². The number of urea groups is 1. The third-order valence-corrected chi connectivity index (χ3v) is 6.61. The van der Waals surface area contributed by atoms with Crippen LogP contribution in [0.4, 0.5) is 16.2 Å². The molecular formula is C26H26N2O4. The summed E-state index contributed by atoms with van der Waals surface area (Å²) in [6.45, 7) is 4.39. The second kappa shape index (κ2) is 7.36. The molecule has 6 nitrogen and oxygen atoms in total.